The van der Waals surface area contributed by atoms with Gasteiger partial charge in [-0.05, 0) is 20.8 Å². The van der Waals surface area contributed by atoms with Gasteiger partial charge in [-0.15, -0.1) is 0 Å². The van der Waals surface area contributed by atoms with Gasteiger partial charge < -0.3 is 9.64 Å². The molecule has 0 N–H and O–H groups in total. The van der Waals surface area contributed by atoms with Crippen LogP contribution in [0.2, 0.25) is 5.15 Å². The molecule has 0 amide bonds. The molecular formula is C11H16ClN3O. The lowest BCUT2D eigenvalue weighted by Crippen LogP contribution is -2.52. The Balaban J connectivity index is 2.21. The normalized spacial score (nSPS) is 24.5. The second-order valence-electron chi connectivity index (χ2n) is 4.77. The topological polar surface area (TPSA) is 38.2 Å². The predicted molar refractivity (Wildman–Crippen MR) is 63.9 cm³/mol. The highest BCUT2D eigenvalue weighted by Crippen LogP contribution is 2.25. The van der Waals surface area contributed by atoms with Crippen LogP contribution >= 0.6 is 11.6 Å². The van der Waals surface area contributed by atoms with Gasteiger partial charge in [0.1, 0.15) is 17.3 Å². The molecule has 0 aromatic carbocycles. The molecule has 0 saturated carbocycles. The van der Waals surface area contributed by atoms with Crippen molar-refractivity contribution in [2.75, 3.05) is 18.0 Å². The van der Waals surface area contributed by atoms with E-state index in [2.05, 4.69) is 35.6 Å². The van der Waals surface area contributed by atoms with Gasteiger partial charge in [0.05, 0.1) is 11.7 Å². The van der Waals surface area contributed by atoms with Gasteiger partial charge >= 0.3 is 0 Å². The lowest BCUT2D eigenvalue weighted by molar-refractivity contribution is -0.0751. The second kappa shape index (κ2) is 4.18. The molecule has 1 fully saturated rings. The van der Waals surface area contributed by atoms with Crippen LogP contribution in [0.4, 0.5) is 5.82 Å². The van der Waals surface area contributed by atoms with Crippen molar-refractivity contribution in [2.24, 2.45) is 0 Å². The highest BCUT2D eigenvalue weighted by Gasteiger charge is 2.31. The largest absolute Gasteiger partial charge is 0.369 e. The monoisotopic (exact) mass is 241 g/mol. The van der Waals surface area contributed by atoms with Crippen LogP contribution in [-0.4, -0.2) is 34.8 Å². The van der Waals surface area contributed by atoms with Crippen LogP contribution in [0.3, 0.4) is 0 Å². The number of ether oxygens (including phenoxy) is 1. The molecule has 1 unspecified atom stereocenters. The predicted octanol–water partition coefficient (Wildman–Crippen LogP) is 2.13. The van der Waals surface area contributed by atoms with Gasteiger partial charge in [0, 0.05) is 19.2 Å². The van der Waals surface area contributed by atoms with Crippen LogP contribution in [-0.2, 0) is 4.74 Å². The number of hydrogen-bond donors (Lipinski definition) is 0. The standard InChI is InChI=1S/C11H16ClN3O/c1-8-5-15(6-11(2,3)16-8)10-4-9(12)13-7-14-10/h4,7-8H,5-6H2,1-3H3. The molecule has 0 radical (unpaired) electrons. The molecule has 1 saturated heterocycles. The molecule has 1 aliphatic heterocycles. The van der Waals surface area contributed by atoms with E-state index in [1.54, 1.807) is 6.07 Å². The first kappa shape index (κ1) is 11.6. The minimum absolute atomic E-state index is 0.158. The molecule has 5 heteroatoms. The number of anilines is 1. The van der Waals surface area contributed by atoms with E-state index in [9.17, 15) is 0 Å². The average Bonchev–Trinajstić information content (AvgIpc) is 2.14. The molecule has 1 aromatic heterocycles. The zero-order valence-corrected chi connectivity index (χ0v) is 10.5. The van der Waals surface area contributed by atoms with Gasteiger partial charge in [-0.3, -0.25) is 0 Å². The van der Waals surface area contributed by atoms with Crippen molar-refractivity contribution in [3.05, 3.63) is 17.5 Å². The Morgan fingerprint density at radius 1 is 1.50 bits per heavy atom. The van der Waals surface area contributed by atoms with Crippen molar-refractivity contribution < 1.29 is 4.74 Å². The molecule has 2 rings (SSSR count). The summed E-state index contributed by atoms with van der Waals surface area (Å²) in [5.74, 6) is 0.864. The Bertz CT molecular complexity index is 383. The van der Waals surface area contributed by atoms with Gasteiger partial charge in [0.2, 0.25) is 0 Å². The summed E-state index contributed by atoms with van der Waals surface area (Å²) in [7, 11) is 0. The Kier molecular flexibility index (Phi) is 3.04. The lowest BCUT2D eigenvalue weighted by atomic mass is 10.1. The van der Waals surface area contributed by atoms with E-state index >= 15 is 0 Å². The first-order valence-corrected chi connectivity index (χ1v) is 5.74. The van der Waals surface area contributed by atoms with Crippen LogP contribution in [0.5, 0.6) is 0 Å². The smallest absolute Gasteiger partial charge is 0.134 e. The molecule has 0 bridgehead atoms. The molecule has 2 heterocycles. The van der Waals surface area contributed by atoms with Crippen LogP contribution in [0.15, 0.2) is 12.4 Å². The third-order valence-electron chi connectivity index (χ3n) is 2.51. The summed E-state index contributed by atoms with van der Waals surface area (Å²) in [4.78, 5) is 10.3. The summed E-state index contributed by atoms with van der Waals surface area (Å²) in [6, 6.07) is 1.79. The van der Waals surface area contributed by atoms with E-state index in [1.165, 1.54) is 6.33 Å². The summed E-state index contributed by atoms with van der Waals surface area (Å²) in [6.07, 6.45) is 1.68. The fraction of sp³-hybridized carbons (Fsp3) is 0.636. The van der Waals surface area contributed by atoms with Crippen LogP contribution in [0.1, 0.15) is 20.8 Å². The number of halogens is 1. The van der Waals surface area contributed by atoms with Crippen molar-refractivity contribution in [1.29, 1.82) is 0 Å². The summed E-state index contributed by atoms with van der Waals surface area (Å²) in [5, 5.41) is 0.474. The van der Waals surface area contributed by atoms with Gasteiger partial charge in [-0.25, -0.2) is 9.97 Å². The average molecular weight is 242 g/mol. The molecule has 0 aliphatic carbocycles. The number of rotatable bonds is 1. The van der Waals surface area contributed by atoms with Crippen molar-refractivity contribution in [3.8, 4) is 0 Å². The maximum absolute atomic E-state index is 5.86. The summed E-state index contributed by atoms with van der Waals surface area (Å²) >= 11 is 5.86. The molecule has 16 heavy (non-hydrogen) atoms. The third kappa shape index (κ3) is 2.62. The van der Waals surface area contributed by atoms with Crippen LogP contribution < -0.4 is 4.90 Å². The Hall–Kier alpha value is -0.870. The van der Waals surface area contributed by atoms with E-state index in [0.29, 0.717) is 5.15 Å². The van der Waals surface area contributed by atoms with Gasteiger partial charge in [0.25, 0.3) is 0 Å². The molecule has 1 aliphatic rings. The van der Waals surface area contributed by atoms with Crippen molar-refractivity contribution >= 4 is 17.4 Å². The molecule has 1 aromatic rings. The molecule has 1 atom stereocenters. The van der Waals surface area contributed by atoms with Crippen LogP contribution in [0, 0.1) is 0 Å². The summed E-state index contributed by atoms with van der Waals surface area (Å²) in [5.41, 5.74) is -0.158. The quantitative estimate of drug-likeness (QED) is 0.706. The van der Waals surface area contributed by atoms with E-state index in [4.69, 9.17) is 16.3 Å². The van der Waals surface area contributed by atoms with E-state index < -0.39 is 0 Å². The SMILES string of the molecule is CC1CN(c2cc(Cl)ncn2)CC(C)(C)O1. The Labute approximate surface area is 101 Å². The van der Waals surface area contributed by atoms with E-state index in [0.717, 1.165) is 18.9 Å². The van der Waals surface area contributed by atoms with Crippen LogP contribution in [0.25, 0.3) is 0 Å². The number of hydrogen-bond acceptors (Lipinski definition) is 4. The highest BCUT2D eigenvalue weighted by molar-refractivity contribution is 6.29. The highest BCUT2D eigenvalue weighted by atomic mass is 35.5. The Morgan fingerprint density at radius 3 is 2.88 bits per heavy atom. The fourth-order valence-electron chi connectivity index (χ4n) is 2.13. The van der Waals surface area contributed by atoms with Crippen molar-refractivity contribution in [1.82, 2.24) is 9.97 Å². The molecule has 0 spiro atoms. The van der Waals surface area contributed by atoms with Gasteiger partial charge in [-0.2, -0.15) is 0 Å². The maximum Gasteiger partial charge on any atom is 0.134 e. The molecule has 4 nitrogen and oxygen atoms in total. The zero-order chi connectivity index (χ0) is 11.8. The summed E-state index contributed by atoms with van der Waals surface area (Å²) < 4.78 is 5.84. The maximum atomic E-state index is 5.86. The minimum Gasteiger partial charge on any atom is -0.369 e. The second-order valence-corrected chi connectivity index (χ2v) is 5.15. The minimum atomic E-state index is -0.158. The zero-order valence-electron chi connectivity index (χ0n) is 9.77. The first-order chi connectivity index (χ1) is 7.46. The fourth-order valence-corrected chi connectivity index (χ4v) is 2.27. The van der Waals surface area contributed by atoms with Crippen molar-refractivity contribution in [3.63, 3.8) is 0 Å². The van der Waals surface area contributed by atoms with Crippen molar-refractivity contribution in [2.45, 2.75) is 32.5 Å². The summed E-state index contributed by atoms with van der Waals surface area (Å²) in [6.45, 7) is 7.87. The third-order valence-corrected chi connectivity index (χ3v) is 2.72. The number of morpholine rings is 1. The first-order valence-electron chi connectivity index (χ1n) is 5.36. The number of nitrogens with zero attached hydrogens (tertiary/aromatic N) is 3. The lowest BCUT2D eigenvalue weighted by Gasteiger charge is -2.42. The van der Waals surface area contributed by atoms with Gasteiger partial charge in [-0.1, -0.05) is 11.6 Å². The Morgan fingerprint density at radius 2 is 2.25 bits per heavy atom. The van der Waals surface area contributed by atoms with E-state index in [-0.39, 0.29) is 11.7 Å². The molecule has 88 valence electrons. The van der Waals surface area contributed by atoms with E-state index in [1.807, 2.05) is 0 Å². The number of aromatic nitrogens is 2. The van der Waals surface area contributed by atoms with Gasteiger partial charge in [0.15, 0.2) is 0 Å². The molecular weight excluding hydrogens is 226 g/mol.